The minimum Gasteiger partial charge on any atom is -0.298 e. The van der Waals surface area contributed by atoms with E-state index in [9.17, 15) is 13.6 Å². The standard InChI is InChI=1S/C13H18F2N2O/c1-9-12(8-18)10(2)17(16-9)7-11-4-3-5-13(14,15)6-11/h8,11H,3-7H2,1-2H3. The summed E-state index contributed by atoms with van der Waals surface area (Å²) in [5, 5.41) is 4.26. The molecule has 0 bridgehead atoms. The highest BCUT2D eigenvalue weighted by Gasteiger charge is 2.36. The molecule has 100 valence electrons. The fourth-order valence-electron chi connectivity index (χ4n) is 2.74. The average molecular weight is 256 g/mol. The quantitative estimate of drug-likeness (QED) is 0.779. The van der Waals surface area contributed by atoms with Gasteiger partial charge in [0.25, 0.3) is 0 Å². The Hall–Kier alpha value is -1.26. The van der Waals surface area contributed by atoms with E-state index in [1.165, 1.54) is 0 Å². The highest BCUT2D eigenvalue weighted by molar-refractivity contribution is 5.77. The van der Waals surface area contributed by atoms with Crippen LogP contribution in [-0.2, 0) is 6.54 Å². The molecule has 1 aromatic rings. The Kier molecular flexibility index (Phi) is 3.50. The van der Waals surface area contributed by atoms with Gasteiger partial charge in [0.15, 0.2) is 6.29 Å². The molecule has 0 saturated heterocycles. The first kappa shape index (κ1) is 13.2. The second kappa shape index (κ2) is 4.78. The van der Waals surface area contributed by atoms with Crippen LogP contribution in [0.1, 0.15) is 47.4 Å². The van der Waals surface area contributed by atoms with Gasteiger partial charge in [-0.2, -0.15) is 5.10 Å². The van der Waals surface area contributed by atoms with Crippen LogP contribution in [0.25, 0.3) is 0 Å². The molecule has 1 heterocycles. The van der Waals surface area contributed by atoms with Crippen LogP contribution in [0.4, 0.5) is 8.78 Å². The first-order valence-corrected chi connectivity index (χ1v) is 6.30. The van der Waals surface area contributed by atoms with E-state index in [0.717, 1.165) is 18.4 Å². The molecule has 2 rings (SSSR count). The van der Waals surface area contributed by atoms with E-state index < -0.39 is 5.92 Å². The second-order valence-corrected chi connectivity index (χ2v) is 5.20. The first-order chi connectivity index (χ1) is 8.43. The molecule has 1 aromatic heterocycles. The van der Waals surface area contributed by atoms with Crippen molar-refractivity contribution in [2.75, 3.05) is 0 Å². The van der Waals surface area contributed by atoms with Crippen LogP contribution in [0.2, 0.25) is 0 Å². The first-order valence-electron chi connectivity index (χ1n) is 6.30. The lowest BCUT2D eigenvalue weighted by Gasteiger charge is -2.29. The minimum absolute atomic E-state index is 0.000203. The van der Waals surface area contributed by atoms with Crippen LogP contribution in [-0.4, -0.2) is 22.0 Å². The fraction of sp³-hybridized carbons (Fsp3) is 0.692. The summed E-state index contributed by atoms with van der Waals surface area (Å²) in [5.41, 5.74) is 2.03. The van der Waals surface area contributed by atoms with Gasteiger partial charge in [-0.15, -0.1) is 0 Å². The third kappa shape index (κ3) is 2.60. The van der Waals surface area contributed by atoms with Crippen LogP contribution < -0.4 is 0 Å². The van der Waals surface area contributed by atoms with Crippen molar-refractivity contribution in [3.63, 3.8) is 0 Å². The molecule has 18 heavy (non-hydrogen) atoms. The van der Waals surface area contributed by atoms with Crippen molar-refractivity contribution in [2.24, 2.45) is 5.92 Å². The molecule has 0 aliphatic heterocycles. The van der Waals surface area contributed by atoms with E-state index in [0.29, 0.717) is 24.2 Å². The highest BCUT2D eigenvalue weighted by atomic mass is 19.3. The zero-order chi connectivity index (χ0) is 13.3. The van der Waals surface area contributed by atoms with Crippen molar-refractivity contribution in [1.82, 2.24) is 9.78 Å². The molecule has 1 aliphatic rings. The van der Waals surface area contributed by atoms with Gasteiger partial charge in [0.2, 0.25) is 5.92 Å². The topological polar surface area (TPSA) is 34.9 Å². The molecule has 3 nitrogen and oxygen atoms in total. The number of halogens is 2. The van der Waals surface area contributed by atoms with Crippen molar-refractivity contribution >= 4 is 6.29 Å². The van der Waals surface area contributed by atoms with Gasteiger partial charge < -0.3 is 0 Å². The van der Waals surface area contributed by atoms with Gasteiger partial charge in [-0.25, -0.2) is 8.78 Å². The van der Waals surface area contributed by atoms with Gasteiger partial charge in [-0.1, -0.05) is 0 Å². The molecule has 0 amide bonds. The van der Waals surface area contributed by atoms with Crippen molar-refractivity contribution in [1.29, 1.82) is 0 Å². The molecule has 0 radical (unpaired) electrons. The fourth-order valence-corrected chi connectivity index (χ4v) is 2.74. The summed E-state index contributed by atoms with van der Waals surface area (Å²) < 4.78 is 28.3. The number of carbonyl (C=O) groups is 1. The maximum absolute atomic E-state index is 13.3. The Morgan fingerprint density at radius 1 is 1.50 bits per heavy atom. The number of nitrogens with zero attached hydrogens (tertiary/aromatic N) is 2. The number of hydrogen-bond acceptors (Lipinski definition) is 2. The predicted molar refractivity (Wildman–Crippen MR) is 64.0 cm³/mol. The summed E-state index contributed by atoms with van der Waals surface area (Å²) in [6.45, 7) is 4.06. The number of carbonyl (C=O) groups excluding carboxylic acids is 1. The monoisotopic (exact) mass is 256 g/mol. The van der Waals surface area contributed by atoms with Gasteiger partial charge in [-0.3, -0.25) is 9.48 Å². The van der Waals surface area contributed by atoms with Crippen LogP contribution >= 0.6 is 0 Å². The van der Waals surface area contributed by atoms with Gasteiger partial charge in [0.05, 0.1) is 11.3 Å². The number of aldehydes is 1. The summed E-state index contributed by atoms with van der Waals surface area (Å²) in [7, 11) is 0. The second-order valence-electron chi connectivity index (χ2n) is 5.20. The smallest absolute Gasteiger partial charge is 0.248 e. The number of hydrogen-bond donors (Lipinski definition) is 0. The van der Waals surface area contributed by atoms with Gasteiger partial charge in [0, 0.05) is 25.1 Å². The van der Waals surface area contributed by atoms with E-state index in [2.05, 4.69) is 5.10 Å². The molecular weight excluding hydrogens is 238 g/mol. The summed E-state index contributed by atoms with van der Waals surface area (Å²) in [4.78, 5) is 10.9. The zero-order valence-corrected chi connectivity index (χ0v) is 10.7. The average Bonchev–Trinajstić information content (AvgIpc) is 2.52. The third-order valence-electron chi connectivity index (χ3n) is 3.73. The molecule has 0 aromatic carbocycles. The molecule has 0 N–H and O–H groups in total. The molecule has 1 unspecified atom stereocenters. The van der Waals surface area contributed by atoms with E-state index >= 15 is 0 Å². The Bertz CT molecular complexity index is 454. The predicted octanol–water partition coefficient (Wildman–Crippen LogP) is 3.14. The summed E-state index contributed by atoms with van der Waals surface area (Å²) >= 11 is 0. The molecule has 1 aliphatic carbocycles. The van der Waals surface area contributed by atoms with Crippen LogP contribution in [0.15, 0.2) is 0 Å². The van der Waals surface area contributed by atoms with E-state index in [1.807, 2.05) is 6.92 Å². The zero-order valence-electron chi connectivity index (χ0n) is 10.7. The van der Waals surface area contributed by atoms with Gasteiger partial charge in [-0.05, 0) is 32.6 Å². The van der Waals surface area contributed by atoms with Crippen molar-refractivity contribution in [3.8, 4) is 0 Å². The summed E-state index contributed by atoms with van der Waals surface area (Å²) in [6.07, 6.45) is 2.09. The Morgan fingerprint density at radius 2 is 2.22 bits per heavy atom. The number of aromatic nitrogens is 2. The maximum atomic E-state index is 13.3. The number of aryl methyl sites for hydroxylation is 1. The van der Waals surface area contributed by atoms with Crippen molar-refractivity contribution in [2.45, 2.75) is 52.0 Å². The molecule has 1 fully saturated rings. The summed E-state index contributed by atoms with van der Waals surface area (Å²) in [6, 6.07) is 0. The molecule has 0 spiro atoms. The molecular formula is C13H18F2N2O. The molecule has 1 atom stereocenters. The molecule has 1 saturated carbocycles. The van der Waals surface area contributed by atoms with Crippen molar-refractivity contribution in [3.05, 3.63) is 17.0 Å². The maximum Gasteiger partial charge on any atom is 0.248 e. The van der Waals surface area contributed by atoms with E-state index in [4.69, 9.17) is 0 Å². The van der Waals surface area contributed by atoms with Crippen LogP contribution in [0, 0.1) is 19.8 Å². The van der Waals surface area contributed by atoms with Gasteiger partial charge >= 0.3 is 0 Å². The lowest BCUT2D eigenvalue weighted by molar-refractivity contribution is -0.0552. The highest BCUT2D eigenvalue weighted by Crippen LogP contribution is 2.37. The normalized spacial score (nSPS) is 23.0. The Morgan fingerprint density at radius 3 is 2.78 bits per heavy atom. The van der Waals surface area contributed by atoms with Gasteiger partial charge in [0.1, 0.15) is 0 Å². The number of alkyl halides is 2. The number of rotatable bonds is 3. The van der Waals surface area contributed by atoms with Crippen LogP contribution in [0.5, 0.6) is 0 Å². The molecule has 5 heteroatoms. The van der Waals surface area contributed by atoms with E-state index in [1.54, 1.807) is 11.6 Å². The largest absolute Gasteiger partial charge is 0.298 e. The lowest BCUT2D eigenvalue weighted by atomic mass is 9.86. The third-order valence-corrected chi connectivity index (χ3v) is 3.73. The summed E-state index contributed by atoms with van der Waals surface area (Å²) in [5.74, 6) is -2.58. The van der Waals surface area contributed by atoms with E-state index in [-0.39, 0.29) is 18.8 Å². The Balaban J connectivity index is 2.12. The van der Waals surface area contributed by atoms with Crippen molar-refractivity contribution < 1.29 is 13.6 Å². The van der Waals surface area contributed by atoms with Crippen LogP contribution in [0.3, 0.4) is 0 Å². The lowest BCUT2D eigenvalue weighted by Crippen LogP contribution is -2.29. The SMILES string of the molecule is Cc1nn(CC2CCCC(F)(F)C2)c(C)c1C=O. The minimum atomic E-state index is -2.54. The Labute approximate surface area is 105 Å².